The van der Waals surface area contributed by atoms with Crippen molar-refractivity contribution in [1.29, 1.82) is 0 Å². The molecule has 1 heterocycles. The third kappa shape index (κ3) is 5.90. The van der Waals surface area contributed by atoms with Crippen LogP contribution >= 0.6 is 0 Å². The number of amides is 1. The first kappa shape index (κ1) is 22.5. The molecule has 1 saturated heterocycles. The summed E-state index contributed by atoms with van der Waals surface area (Å²) in [5, 5.41) is 3.17. The molecule has 30 heavy (non-hydrogen) atoms. The summed E-state index contributed by atoms with van der Waals surface area (Å²) in [5.41, 5.74) is 2.73. The van der Waals surface area contributed by atoms with Crippen LogP contribution in [0, 0.1) is 6.92 Å². The summed E-state index contributed by atoms with van der Waals surface area (Å²) in [4.78, 5) is 15.0. The molecule has 2 aromatic rings. The van der Waals surface area contributed by atoms with Crippen LogP contribution in [0.15, 0.2) is 54.6 Å². The first-order chi connectivity index (χ1) is 14.4. The fraction of sp³-hybridized carbons (Fsp3) is 0.435. The Kier molecular flexibility index (Phi) is 7.64. The van der Waals surface area contributed by atoms with Crippen LogP contribution in [-0.4, -0.2) is 68.6 Å². The lowest BCUT2D eigenvalue weighted by Gasteiger charge is -2.30. The van der Waals surface area contributed by atoms with Crippen molar-refractivity contribution in [2.24, 2.45) is 0 Å². The normalized spacial score (nSPS) is 16.2. The lowest BCUT2D eigenvalue weighted by molar-refractivity contribution is 0.0757. The molecule has 0 spiro atoms. The molecule has 1 N–H and O–H groups in total. The van der Waals surface area contributed by atoms with E-state index in [-0.39, 0.29) is 24.1 Å². The summed E-state index contributed by atoms with van der Waals surface area (Å²) < 4.78 is 27.2. The number of piperazine rings is 1. The molecule has 6 nitrogen and oxygen atoms in total. The summed E-state index contributed by atoms with van der Waals surface area (Å²) in [6.45, 7) is 6.94. The molecule has 0 saturated carbocycles. The third-order valence-electron chi connectivity index (χ3n) is 5.50. The Morgan fingerprint density at radius 3 is 2.47 bits per heavy atom. The number of carbonyl (C=O) groups excluding carboxylic acids is 1. The Morgan fingerprint density at radius 1 is 1.10 bits per heavy atom. The van der Waals surface area contributed by atoms with Crippen molar-refractivity contribution in [3.05, 3.63) is 71.3 Å². The summed E-state index contributed by atoms with van der Waals surface area (Å²) in [5.74, 6) is -0.0923. The van der Waals surface area contributed by atoms with Gasteiger partial charge < -0.3 is 10.2 Å². The first-order valence-corrected chi connectivity index (χ1v) is 12.1. The SMILES string of the molecule is Cc1cccc(C(=O)N(CCS(=O)(=O)N2CCNCC2)CC(C)c2ccccc2)c1. The molecule has 3 rings (SSSR count). The van der Waals surface area contributed by atoms with Gasteiger partial charge in [-0.25, -0.2) is 8.42 Å². The fourth-order valence-corrected chi connectivity index (χ4v) is 5.18. The molecule has 1 unspecified atom stereocenters. The van der Waals surface area contributed by atoms with E-state index in [1.54, 1.807) is 11.0 Å². The molecule has 1 aliphatic heterocycles. The molecule has 0 aromatic heterocycles. The second-order valence-corrected chi connectivity index (χ2v) is 9.99. The van der Waals surface area contributed by atoms with Gasteiger partial charge in [0.2, 0.25) is 10.0 Å². The largest absolute Gasteiger partial charge is 0.337 e. The Labute approximate surface area is 179 Å². The highest BCUT2D eigenvalue weighted by Crippen LogP contribution is 2.18. The van der Waals surface area contributed by atoms with Gasteiger partial charge >= 0.3 is 0 Å². The predicted octanol–water partition coefficient (Wildman–Crippen LogP) is 2.48. The van der Waals surface area contributed by atoms with Crippen molar-refractivity contribution in [1.82, 2.24) is 14.5 Å². The van der Waals surface area contributed by atoms with Crippen molar-refractivity contribution in [3.63, 3.8) is 0 Å². The average Bonchev–Trinajstić information content (AvgIpc) is 2.77. The number of carbonyl (C=O) groups is 1. The maximum atomic E-state index is 13.3. The Hall–Kier alpha value is -2.22. The highest BCUT2D eigenvalue weighted by molar-refractivity contribution is 7.89. The van der Waals surface area contributed by atoms with Gasteiger partial charge in [0.1, 0.15) is 0 Å². The van der Waals surface area contributed by atoms with Gasteiger partial charge in [0.15, 0.2) is 0 Å². The van der Waals surface area contributed by atoms with Crippen LogP contribution in [-0.2, 0) is 10.0 Å². The van der Waals surface area contributed by atoms with E-state index in [9.17, 15) is 13.2 Å². The number of hydrogen-bond donors (Lipinski definition) is 1. The molecular formula is C23H31N3O3S. The van der Waals surface area contributed by atoms with E-state index >= 15 is 0 Å². The molecule has 2 aromatic carbocycles. The minimum atomic E-state index is -3.40. The maximum Gasteiger partial charge on any atom is 0.253 e. The average molecular weight is 430 g/mol. The molecule has 162 valence electrons. The van der Waals surface area contributed by atoms with Crippen molar-refractivity contribution in [3.8, 4) is 0 Å². The standard InChI is InChI=1S/C23H31N3O3S/c1-19-7-6-10-22(17-19)23(27)25(18-20(2)21-8-4-3-5-9-21)15-16-30(28,29)26-13-11-24-12-14-26/h3-10,17,20,24H,11-16,18H2,1-2H3. The van der Waals surface area contributed by atoms with Crippen LogP contribution in [0.4, 0.5) is 0 Å². The Morgan fingerprint density at radius 2 is 1.80 bits per heavy atom. The molecule has 0 aliphatic carbocycles. The van der Waals surface area contributed by atoms with E-state index in [4.69, 9.17) is 0 Å². The Balaban J connectivity index is 1.77. The minimum Gasteiger partial charge on any atom is -0.337 e. The molecule has 1 fully saturated rings. The quantitative estimate of drug-likeness (QED) is 0.700. The lowest BCUT2D eigenvalue weighted by atomic mass is 10.0. The van der Waals surface area contributed by atoms with Gasteiger partial charge in [0.05, 0.1) is 5.75 Å². The maximum absolute atomic E-state index is 13.3. The van der Waals surface area contributed by atoms with Crippen molar-refractivity contribution in [2.45, 2.75) is 19.8 Å². The zero-order chi connectivity index (χ0) is 21.6. The number of benzene rings is 2. The van der Waals surface area contributed by atoms with Crippen LogP contribution < -0.4 is 5.32 Å². The summed E-state index contributed by atoms with van der Waals surface area (Å²) >= 11 is 0. The summed E-state index contributed by atoms with van der Waals surface area (Å²) in [7, 11) is -3.40. The monoisotopic (exact) mass is 429 g/mol. The van der Waals surface area contributed by atoms with Crippen LogP contribution in [0.5, 0.6) is 0 Å². The molecule has 0 bridgehead atoms. The molecule has 7 heteroatoms. The second-order valence-electron chi connectivity index (χ2n) is 7.90. The molecule has 0 radical (unpaired) electrons. The fourth-order valence-electron chi connectivity index (χ4n) is 3.73. The van der Waals surface area contributed by atoms with Crippen molar-refractivity contribution in [2.75, 3.05) is 45.0 Å². The zero-order valence-electron chi connectivity index (χ0n) is 17.8. The van der Waals surface area contributed by atoms with Gasteiger partial charge in [-0.2, -0.15) is 4.31 Å². The minimum absolute atomic E-state index is 0.0634. The van der Waals surface area contributed by atoms with E-state index in [1.807, 2.05) is 55.5 Å². The van der Waals surface area contributed by atoms with Gasteiger partial charge in [-0.05, 0) is 30.5 Å². The van der Waals surface area contributed by atoms with Crippen LogP contribution in [0.3, 0.4) is 0 Å². The van der Waals surface area contributed by atoms with Crippen molar-refractivity contribution >= 4 is 15.9 Å². The first-order valence-electron chi connectivity index (χ1n) is 10.5. The summed E-state index contributed by atoms with van der Waals surface area (Å²) in [6, 6.07) is 17.5. The number of sulfonamides is 1. The van der Waals surface area contributed by atoms with Gasteiger partial charge in [0.25, 0.3) is 5.91 Å². The van der Waals surface area contributed by atoms with E-state index in [0.29, 0.717) is 38.3 Å². The van der Waals surface area contributed by atoms with Crippen LogP contribution in [0.2, 0.25) is 0 Å². The smallest absolute Gasteiger partial charge is 0.253 e. The molecular weight excluding hydrogens is 398 g/mol. The number of nitrogens with one attached hydrogen (secondary N) is 1. The molecule has 1 aliphatic rings. The van der Waals surface area contributed by atoms with Crippen molar-refractivity contribution < 1.29 is 13.2 Å². The number of nitrogens with zero attached hydrogens (tertiary/aromatic N) is 2. The topological polar surface area (TPSA) is 69.7 Å². The predicted molar refractivity (Wildman–Crippen MR) is 120 cm³/mol. The number of hydrogen-bond acceptors (Lipinski definition) is 4. The lowest BCUT2D eigenvalue weighted by Crippen LogP contribution is -2.48. The molecule has 1 atom stereocenters. The van der Waals surface area contributed by atoms with Crippen LogP contribution in [0.1, 0.15) is 34.3 Å². The van der Waals surface area contributed by atoms with Gasteiger partial charge in [-0.1, -0.05) is 55.0 Å². The van der Waals surface area contributed by atoms with Gasteiger partial charge in [0, 0.05) is 44.8 Å². The number of aryl methyl sites for hydroxylation is 1. The van der Waals surface area contributed by atoms with Gasteiger partial charge in [-0.3, -0.25) is 4.79 Å². The van der Waals surface area contributed by atoms with Gasteiger partial charge in [-0.15, -0.1) is 0 Å². The van der Waals surface area contributed by atoms with Crippen LogP contribution in [0.25, 0.3) is 0 Å². The number of rotatable bonds is 8. The van der Waals surface area contributed by atoms with E-state index in [0.717, 1.165) is 11.1 Å². The Bertz CT molecular complexity index is 941. The van der Waals surface area contributed by atoms with E-state index < -0.39 is 10.0 Å². The van der Waals surface area contributed by atoms with E-state index in [1.165, 1.54) is 4.31 Å². The highest BCUT2D eigenvalue weighted by atomic mass is 32.2. The zero-order valence-corrected chi connectivity index (χ0v) is 18.6. The summed E-state index contributed by atoms with van der Waals surface area (Å²) in [6.07, 6.45) is 0. The molecule has 1 amide bonds. The second kappa shape index (κ2) is 10.2. The third-order valence-corrected chi connectivity index (χ3v) is 7.35. The van der Waals surface area contributed by atoms with E-state index in [2.05, 4.69) is 12.2 Å². The highest BCUT2D eigenvalue weighted by Gasteiger charge is 2.26.